The average Bonchev–Trinajstić information content (AvgIpc) is 2.38. The van der Waals surface area contributed by atoms with Crippen molar-refractivity contribution in [3.8, 4) is 5.75 Å². The highest BCUT2D eigenvalue weighted by Gasteiger charge is 2.22. The van der Waals surface area contributed by atoms with Crippen LogP contribution in [0.25, 0.3) is 0 Å². The Labute approximate surface area is 123 Å². The third kappa shape index (κ3) is 4.24. The summed E-state index contributed by atoms with van der Waals surface area (Å²) >= 11 is 0. The van der Waals surface area contributed by atoms with Gasteiger partial charge in [0.05, 0.1) is 6.10 Å². The van der Waals surface area contributed by atoms with Gasteiger partial charge in [0, 0.05) is 0 Å². The average molecular weight is 276 g/mol. The topological polar surface area (TPSA) is 29.5 Å². The van der Waals surface area contributed by atoms with Crippen LogP contribution in [0, 0.1) is 0 Å². The summed E-state index contributed by atoms with van der Waals surface area (Å²) in [4.78, 5) is 0. The summed E-state index contributed by atoms with van der Waals surface area (Å²) in [6.07, 6.45) is 6.23. The van der Waals surface area contributed by atoms with Crippen molar-refractivity contribution in [1.82, 2.24) is 0 Å². The van der Waals surface area contributed by atoms with Gasteiger partial charge in [-0.1, -0.05) is 52.2 Å². The highest BCUT2D eigenvalue weighted by molar-refractivity contribution is 5.31. The molecule has 0 bridgehead atoms. The Bertz CT molecular complexity index is 402. The minimum absolute atomic E-state index is 0.0456. The van der Waals surface area contributed by atoms with Gasteiger partial charge in [-0.15, -0.1) is 0 Å². The van der Waals surface area contributed by atoms with Gasteiger partial charge in [-0.2, -0.15) is 0 Å². The van der Waals surface area contributed by atoms with Gasteiger partial charge in [-0.05, 0) is 42.4 Å². The normalized spacial score (nSPS) is 24.8. The summed E-state index contributed by atoms with van der Waals surface area (Å²) in [7, 11) is 0. The third-order valence-electron chi connectivity index (χ3n) is 4.18. The van der Waals surface area contributed by atoms with E-state index in [2.05, 4.69) is 32.9 Å². The van der Waals surface area contributed by atoms with Gasteiger partial charge >= 0.3 is 0 Å². The summed E-state index contributed by atoms with van der Waals surface area (Å²) < 4.78 is 6.02. The smallest absolute Gasteiger partial charge is 0.124 e. The van der Waals surface area contributed by atoms with Crippen molar-refractivity contribution in [2.24, 2.45) is 0 Å². The van der Waals surface area contributed by atoms with Crippen LogP contribution in [-0.4, -0.2) is 17.3 Å². The monoisotopic (exact) mass is 276 g/mol. The second-order valence-corrected chi connectivity index (χ2v) is 6.99. The Morgan fingerprint density at radius 3 is 2.15 bits per heavy atom. The second-order valence-electron chi connectivity index (χ2n) is 6.99. The van der Waals surface area contributed by atoms with Crippen molar-refractivity contribution in [3.63, 3.8) is 0 Å². The fraction of sp³-hybridized carbons (Fsp3) is 0.667. The molecule has 2 atom stereocenters. The lowest BCUT2D eigenvalue weighted by Crippen LogP contribution is -2.32. The van der Waals surface area contributed by atoms with Gasteiger partial charge in [-0.3, -0.25) is 0 Å². The summed E-state index contributed by atoms with van der Waals surface area (Å²) in [6, 6.07) is 8.33. The molecule has 2 heteroatoms. The summed E-state index contributed by atoms with van der Waals surface area (Å²) in [5.41, 5.74) is 1.47. The molecule has 0 aromatic heterocycles. The molecule has 0 radical (unpaired) electrons. The van der Waals surface area contributed by atoms with Crippen LogP contribution in [0.3, 0.4) is 0 Å². The molecular formula is C18H28O2. The largest absolute Gasteiger partial charge is 0.488 e. The number of ether oxygens (including phenoxy) is 1. The maximum absolute atomic E-state index is 10.2. The molecule has 0 aliphatic heterocycles. The molecule has 0 heterocycles. The molecule has 0 spiro atoms. The fourth-order valence-corrected chi connectivity index (χ4v) is 2.78. The minimum Gasteiger partial charge on any atom is -0.488 e. The first-order valence-electron chi connectivity index (χ1n) is 7.92. The number of aliphatic hydroxyl groups is 1. The number of aliphatic hydroxyl groups excluding tert-OH is 1. The molecule has 0 unspecified atom stereocenters. The predicted molar refractivity (Wildman–Crippen MR) is 83.3 cm³/mol. The van der Waals surface area contributed by atoms with Crippen molar-refractivity contribution in [3.05, 3.63) is 29.8 Å². The molecule has 1 aliphatic carbocycles. The highest BCUT2D eigenvalue weighted by atomic mass is 16.5. The third-order valence-corrected chi connectivity index (χ3v) is 4.18. The second kappa shape index (κ2) is 6.62. The summed E-state index contributed by atoms with van der Waals surface area (Å²) in [5.74, 6) is 0.877. The Morgan fingerprint density at radius 1 is 0.950 bits per heavy atom. The van der Waals surface area contributed by atoms with Crippen LogP contribution in [0.1, 0.15) is 64.9 Å². The Balaban J connectivity index is 2.01. The molecule has 1 aliphatic rings. The zero-order chi connectivity index (χ0) is 14.6. The molecule has 2 nitrogen and oxygen atoms in total. The van der Waals surface area contributed by atoms with Gasteiger partial charge in [-0.25, -0.2) is 0 Å². The quantitative estimate of drug-likeness (QED) is 0.865. The van der Waals surface area contributed by atoms with Crippen molar-refractivity contribution in [2.45, 2.75) is 76.9 Å². The van der Waals surface area contributed by atoms with Crippen molar-refractivity contribution >= 4 is 0 Å². The maximum Gasteiger partial charge on any atom is 0.124 e. The number of hydrogen-bond donors (Lipinski definition) is 1. The van der Waals surface area contributed by atoms with Gasteiger partial charge < -0.3 is 9.84 Å². The van der Waals surface area contributed by atoms with Crippen molar-refractivity contribution in [1.29, 1.82) is 0 Å². The van der Waals surface area contributed by atoms with Crippen LogP contribution in [0.4, 0.5) is 0 Å². The SMILES string of the molecule is CC(C)(C)c1ccc(O[C@@H]2CCCCCC[C@@H]2O)cc1. The standard InChI is InChI=1S/C18H28O2/c1-18(2,3)14-10-12-15(13-11-14)20-17-9-7-5-4-6-8-16(17)19/h10-13,16-17,19H,4-9H2,1-3H3/t16-,17+/m0/s1. The van der Waals surface area contributed by atoms with E-state index in [9.17, 15) is 5.11 Å². The molecule has 1 N–H and O–H groups in total. The Kier molecular flexibility index (Phi) is 5.09. The van der Waals surface area contributed by atoms with Crippen LogP contribution >= 0.6 is 0 Å². The van der Waals surface area contributed by atoms with Crippen LogP contribution in [0.2, 0.25) is 0 Å². The summed E-state index contributed by atoms with van der Waals surface area (Å²) in [6.45, 7) is 6.63. The first kappa shape index (κ1) is 15.4. The van der Waals surface area contributed by atoms with Gasteiger partial charge in [0.2, 0.25) is 0 Å². The molecule has 1 fully saturated rings. The maximum atomic E-state index is 10.2. The summed E-state index contributed by atoms with van der Waals surface area (Å²) in [5, 5.41) is 10.2. The van der Waals surface area contributed by atoms with Crippen LogP contribution in [-0.2, 0) is 5.41 Å². The van der Waals surface area contributed by atoms with E-state index < -0.39 is 0 Å². The lowest BCUT2D eigenvalue weighted by Gasteiger charge is -2.27. The fourth-order valence-electron chi connectivity index (χ4n) is 2.78. The van der Waals surface area contributed by atoms with E-state index in [1.54, 1.807) is 0 Å². The van der Waals surface area contributed by atoms with Gasteiger partial charge in [0.15, 0.2) is 0 Å². The zero-order valence-corrected chi connectivity index (χ0v) is 13.1. The first-order valence-corrected chi connectivity index (χ1v) is 7.92. The minimum atomic E-state index is -0.322. The van der Waals surface area contributed by atoms with E-state index in [-0.39, 0.29) is 17.6 Å². The molecule has 20 heavy (non-hydrogen) atoms. The Hall–Kier alpha value is -1.02. The van der Waals surface area contributed by atoms with Crippen molar-refractivity contribution in [2.75, 3.05) is 0 Å². The molecule has 1 saturated carbocycles. The molecule has 0 amide bonds. The molecule has 1 aromatic carbocycles. The number of benzene rings is 1. The van der Waals surface area contributed by atoms with Gasteiger partial charge in [0.1, 0.15) is 11.9 Å². The molecule has 0 saturated heterocycles. The highest BCUT2D eigenvalue weighted by Crippen LogP contribution is 2.26. The van der Waals surface area contributed by atoms with E-state index in [0.29, 0.717) is 0 Å². The first-order chi connectivity index (χ1) is 9.47. The van der Waals surface area contributed by atoms with Crippen LogP contribution < -0.4 is 4.74 Å². The zero-order valence-electron chi connectivity index (χ0n) is 13.1. The predicted octanol–water partition coefficient (Wildman–Crippen LogP) is 4.45. The van der Waals surface area contributed by atoms with Crippen LogP contribution in [0.5, 0.6) is 5.75 Å². The lowest BCUT2D eigenvalue weighted by molar-refractivity contribution is 0.0187. The van der Waals surface area contributed by atoms with E-state index in [0.717, 1.165) is 31.4 Å². The molecule has 112 valence electrons. The molecule has 1 aromatic rings. The lowest BCUT2D eigenvalue weighted by atomic mass is 9.87. The van der Waals surface area contributed by atoms with Crippen molar-refractivity contribution < 1.29 is 9.84 Å². The molecular weight excluding hydrogens is 248 g/mol. The number of hydrogen-bond acceptors (Lipinski definition) is 2. The number of rotatable bonds is 2. The van der Waals surface area contributed by atoms with E-state index in [4.69, 9.17) is 4.74 Å². The van der Waals surface area contributed by atoms with Gasteiger partial charge in [0.25, 0.3) is 0 Å². The molecule has 2 rings (SSSR count). The van der Waals surface area contributed by atoms with E-state index >= 15 is 0 Å². The Morgan fingerprint density at radius 2 is 1.55 bits per heavy atom. The van der Waals surface area contributed by atoms with E-state index in [1.165, 1.54) is 18.4 Å². The van der Waals surface area contributed by atoms with Crippen LogP contribution in [0.15, 0.2) is 24.3 Å². The van der Waals surface area contributed by atoms with E-state index in [1.807, 2.05) is 12.1 Å².